The fourth-order valence-corrected chi connectivity index (χ4v) is 2.36. The molecule has 0 saturated carbocycles. The van der Waals surface area contributed by atoms with Crippen molar-refractivity contribution in [2.45, 2.75) is 41.5 Å². The first-order valence-electron chi connectivity index (χ1n) is 6.81. The van der Waals surface area contributed by atoms with Crippen molar-refractivity contribution in [2.24, 2.45) is 0 Å². The maximum Gasteiger partial charge on any atom is 2.00 e. The summed E-state index contributed by atoms with van der Waals surface area (Å²) in [4.78, 5) is 0. The van der Waals surface area contributed by atoms with Crippen LogP contribution in [0, 0.1) is 41.5 Å². The minimum absolute atomic E-state index is 0. The molecule has 0 aliphatic carbocycles. The monoisotopic (exact) mass is 320 g/mol. The Labute approximate surface area is 139 Å². The van der Waals surface area contributed by atoms with Crippen molar-refractivity contribution < 1.29 is 17.4 Å². The van der Waals surface area contributed by atoms with Crippen molar-refractivity contribution in [1.82, 2.24) is 0 Å². The normalized spacial score (nSPS) is 9.43. The SMILES string of the molecule is Cc1cc(C)c([NH-])c(C)c1.Cc1cc(C)c([NH-])c(C)c1.[Cr+2]. The maximum absolute atomic E-state index is 7.54. The van der Waals surface area contributed by atoms with Crippen molar-refractivity contribution in [3.63, 3.8) is 0 Å². The average Bonchev–Trinajstić information content (AvgIpc) is 2.33. The van der Waals surface area contributed by atoms with Gasteiger partial charge in [-0.3, -0.25) is 0 Å². The van der Waals surface area contributed by atoms with Gasteiger partial charge >= 0.3 is 17.4 Å². The molecule has 0 aromatic heterocycles. The molecule has 0 aliphatic rings. The summed E-state index contributed by atoms with van der Waals surface area (Å²) < 4.78 is 0. The van der Waals surface area contributed by atoms with Crippen LogP contribution in [0.2, 0.25) is 0 Å². The molecule has 0 unspecified atom stereocenters. The summed E-state index contributed by atoms with van der Waals surface area (Å²) in [5.74, 6) is 0. The number of hydrogen-bond donors (Lipinski definition) is 0. The second kappa shape index (κ2) is 8.12. The molecular formula is C18H24CrN2. The van der Waals surface area contributed by atoms with Crippen LogP contribution in [-0.4, -0.2) is 0 Å². The molecular weight excluding hydrogens is 296 g/mol. The zero-order valence-electron chi connectivity index (χ0n) is 13.7. The molecule has 21 heavy (non-hydrogen) atoms. The van der Waals surface area contributed by atoms with E-state index in [2.05, 4.69) is 13.8 Å². The van der Waals surface area contributed by atoms with Crippen LogP contribution >= 0.6 is 0 Å². The first kappa shape index (κ1) is 19.6. The second-order valence-corrected chi connectivity index (χ2v) is 5.55. The van der Waals surface area contributed by atoms with Gasteiger partial charge in [-0.1, -0.05) is 57.6 Å². The Balaban J connectivity index is 0.000000364. The molecule has 0 spiro atoms. The van der Waals surface area contributed by atoms with Crippen LogP contribution in [0.15, 0.2) is 24.3 Å². The van der Waals surface area contributed by atoms with Crippen molar-refractivity contribution in [2.75, 3.05) is 0 Å². The van der Waals surface area contributed by atoms with Gasteiger partial charge in [0, 0.05) is 0 Å². The van der Waals surface area contributed by atoms with Crippen LogP contribution in [0.5, 0.6) is 0 Å². The summed E-state index contributed by atoms with van der Waals surface area (Å²) in [6, 6.07) is 8.15. The zero-order valence-corrected chi connectivity index (χ0v) is 15.0. The Hall–Kier alpha value is -1.43. The first-order valence-corrected chi connectivity index (χ1v) is 6.81. The number of benzene rings is 2. The van der Waals surface area contributed by atoms with Crippen LogP contribution in [0.4, 0.5) is 11.4 Å². The van der Waals surface area contributed by atoms with Gasteiger partial charge in [0.1, 0.15) is 0 Å². The molecule has 0 bridgehead atoms. The number of rotatable bonds is 0. The molecule has 0 saturated heterocycles. The third-order valence-electron chi connectivity index (χ3n) is 3.35. The van der Waals surface area contributed by atoms with Crippen molar-refractivity contribution in [3.8, 4) is 0 Å². The number of hydrogen-bond acceptors (Lipinski definition) is 0. The molecule has 2 N–H and O–H groups in total. The van der Waals surface area contributed by atoms with Crippen LogP contribution in [0.1, 0.15) is 33.4 Å². The van der Waals surface area contributed by atoms with Gasteiger partial charge in [0.2, 0.25) is 0 Å². The van der Waals surface area contributed by atoms with E-state index in [0.717, 1.165) is 22.3 Å². The van der Waals surface area contributed by atoms with Gasteiger partial charge in [0.15, 0.2) is 0 Å². The Morgan fingerprint density at radius 2 is 0.714 bits per heavy atom. The van der Waals surface area contributed by atoms with Crippen molar-refractivity contribution >= 4 is 11.4 Å². The predicted octanol–water partition coefficient (Wildman–Crippen LogP) is 6.59. The molecule has 112 valence electrons. The minimum atomic E-state index is 0. The summed E-state index contributed by atoms with van der Waals surface area (Å²) in [6.45, 7) is 12.0. The fourth-order valence-electron chi connectivity index (χ4n) is 2.36. The van der Waals surface area contributed by atoms with E-state index < -0.39 is 0 Å². The number of nitrogens with one attached hydrogen (secondary N) is 2. The Morgan fingerprint density at radius 3 is 0.905 bits per heavy atom. The Kier molecular flexibility index (Phi) is 7.57. The largest absolute Gasteiger partial charge is 2.00 e. The standard InChI is InChI=1S/2C9H12N.Cr/c2*1-6-4-7(2)9(10)8(3)5-6;/h2*4-5,10H,1-3H3;/q2*-1;+2. The third-order valence-corrected chi connectivity index (χ3v) is 3.35. The fraction of sp³-hybridized carbons (Fsp3) is 0.333. The van der Waals surface area contributed by atoms with E-state index in [0.29, 0.717) is 11.4 Å². The molecule has 0 aliphatic heterocycles. The van der Waals surface area contributed by atoms with Gasteiger partial charge in [-0.05, 0) is 41.5 Å². The van der Waals surface area contributed by atoms with E-state index in [-0.39, 0.29) is 17.4 Å². The predicted molar refractivity (Wildman–Crippen MR) is 89.3 cm³/mol. The van der Waals surface area contributed by atoms with Crippen LogP contribution < -0.4 is 0 Å². The zero-order chi connectivity index (χ0) is 15.4. The Bertz CT molecular complexity index is 517. The summed E-state index contributed by atoms with van der Waals surface area (Å²) in [5.41, 5.74) is 23.2. The van der Waals surface area contributed by atoms with Crippen LogP contribution in [0.25, 0.3) is 11.5 Å². The third kappa shape index (κ3) is 5.46. The summed E-state index contributed by atoms with van der Waals surface area (Å²) >= 11 is 0. The van der Waals surface area contributed by atoms with Gasteiger partial charge in [-0.2, -0.15) is 0 Å². The molecule has 2 rings (SSSR count). The molecule has 0 atom stereocenters. The van der Waals surface area contributed by atoms with Crippen LogP contribution in [-0.2, 0) is 17.4 Å². The molecule has 2 nitrogen and oxygen atoms in total. The topological polar surface area (TPSA) is 47.6 Å². The van der Waals surface area contributed by atoms with Crippen molar-refractivity contribution in [3.05, 3.63) is 69.1 Å². The van der Waals surface area contributed by atoms with Crippen molar-refractivity contribution in [1.29, 1.82) is 0 Å². The molecule has 0 heterocycles. The van der Waals surface area contributed by atoms with E-state index in [9.17, 15) is 0 Å². The van der Waals surface area contributed by atoms with Gasteiger partial charge in [0.05, 0.1) is 0 Å². The smallest absolute Gasteiger partial charge is 0.698 e. The van der Waals surface area contributed by atoms with E-state index in [1.54, 1.807) is 0 Å². The number of aryl methyl sites for hydroxylation is 6. The Morgan fingerprint density at radius 1 is 0.524 bits per heavy atom. The molecule has 3 heteroatoms. The average molecular weight is 320 g/mol. The van der Waals surface area contributed by atoms with E-state index in [1.165, 1.54) is 11.1 Å². The molecule has 2 aromatic rings. The quantitative estimate of drug-likeness (QED) is 0.526. The molecule has 2 aromatic carbocycles. The van der Waals surface area contributed by atoms with Gasteiger partial charge < -0.3 is 11.5 Å². The first-order chi connectivity index (χ1) is 9.22. The van der Waals surface area contributed by atoms with Gasteiger partial charge in [0.25, 0.3) is 0 Å². The molecule has 0 amide bonds. The van der Waals surface area contributed by atoms with E-state index >= 15 is 0 Å². The van der Waals surface area contributed by atoms with E-state index in [4.69, 9.17) is 11.5 Å². The van der Waals surface area contributed by atoms with Gasteiger partial charge in [-0.15, -0.1) is 11.4 Å². The summed E-state index contributed by atoms with van der Waals surface area (Å²) in [5, 5.41) is 0. The molecule has 0 fully saturated rings. The second-order valence-electron chi connectivity index (χ2n) is 5.55. The van der Waals surface area contributed by atoms with Crippen LogP contribution in [0.3, 0.4) is 0 Å². The maximum atomic E-state index is 7.54. The summed E-state index contributed by atoms with van der Waals surface area (Å²) in [6.07, 6.45) is 0. The summed E-state index contributed by atoms with van der Waals surface area (Å²) in [7, 11) is 0. The minimum Gasteiger partial charge on any atom is -0.698 e. The molecule has 0 radical (unpaired) electrons. The van der Waals surface area contributed by atoms with E-state index in [1.807, 2.05) is 52.0 Å². The van der Waals surface area contributed by atoms with Gasteiger partial charge in [-0.25, -0.2) is 0 Å².